The second-order valence-corrected chi connectivity index (χ2v) is 4.52. The van der Waals surface area contributed by atoms with E-state index in [0.29, 0.717) is 23.1 Å². The summed E-state index contributed by atoms with van der Waals surface area (Å²) in [6.07, 6.45) is 4.91. The second kappa shape index (κ2) is 4.55. The van der Waals surface area contributed by atoms with E-state index in [-0.39, 0.29) is 6.79 Å². The summed E-state index contributed by atoms with van der Waals surface area (Å²) in [6.45, 7) is 2.08. The van der Waals surface area contributed by atoms with E-state index in [9.17, 15) is 0 Å². The van der Waals surface area contributed by atoms with Crippen LogP contribution in [0.4, 0.5) is 0 Å². The first-order valence-corrected chi connectivity index (χ1v) is 6.41. The minimum atomic E-state index is 0.242. The molecule has 1 aliphatic heterocycles. The molecule has 0 radical (unpaired) electrons. The van der Waals surface area contributed by atoms with Gasteiger partial charge in [-0.3, -0.25) is 4.98 Å². The highest BCUT2D eigenvalue weighted by molar-refractivity contribution is 5.55. The largest absolute Gasteiger partial charge is 0.454 e. The first-order valence-electron chi connectivity index (χ1n) is 6.41. The number of rotatable bonds is 2. The van der Waals surface area contributed by atoms with Crippen molar-refractivity contribution in [2.24, 2.45) is 0 Å². The van der Waals surface area contributed by atoms with Crippen LogP contribution in [0.3, 0.4) is 0 Å². The van der Waals surface area contributed by atoms with Gasteiger partial charge in [-0.25, -0.2) is 14.6 Å². The van der Waals surface area contributed by atoms with Gasteiger partial charge in [-0.15, -0.1) is 0 Å². The van der Waals surface area contributed by atoms with Gasteiger partial charge < -0.3 is 9.47 Å². The first-order chi connectivity index (χ1) is 10.3. The Morgan fingerprint density at radius 2 is 2.05 bits per heavy atom. The summed E-state index contributed by atoms with van der Waals surface area (Å²) in [5.41, 5.74) is 1.50. The molecule has 0 spiro atoms. The molecule has 1 aliphatic rings. The number of nitrogens with zero attached hydrogens (tertiary/aromatic N) is 5. The van der Waals surface area contributed by atoms with Gasteiger partial charge in [-0.1, -0.05) is 0 Å². The zero-order valence-electron chi connectivity index (χ0n) is 11.2. The van der Waals surface area contributed by atoms with E-state index in [2.05, 4.69) is 20.1 Å². The molecule has 1 aromatic carbocycles. The summed E-state index contributed by atoms with van der Waals surface area (Å²) >= 11 is 0. The topological polar surface area (TPSA) is 75.0 Å². The van der Waals surface area contributed by atoms with Gasteiger partial charge in [0.15, 0.2) is 17.3 Å². The molecular formula is C14H11N5O2. The van der Waals surface area contributed by atoms with E-state index in [1.165, 1.54) is 0 Å². The van der Waals surface area contributed by atoms with Gasteiger partial charge in [0.2, 0.25) is 6.79 Å². The maximum absolute atomic E-state index is 5.40. The van der Waals surface area contributed by atoms with E-state index in [1.807, 2.05) is 25.1 Å². The number of hydrogen-bond donors (Lipinski definition) is 0. The highest BCUT2D eigenvalue weighted by Crippen LogP contribution is 2.34. The van der Waals surface area contributed by atoms with E-state index in [0.717, 1.165) is 11.4 Å². The lowest BCUT2D eigenvalue weighted by molar-refractivity contribution is 0.174. The number of benzene rings is 1. The third kappa shape index (κ3) is 1.99. The Morgan fingerprint density at radius 1 is 1.14 bits per heavy atom. The first kappa shape index (κ1) is 11.8. The quantitative estimate of drug-likeness (QED) is 0.712. The van der Waals surface area contributed by atoms with Crippen molar-refractivity contribution in [2.45, 2.75) is 6.92 Å². The molecule has 0 amide bonds. The average molecular weight is 281 g/mol. The molecule has 0 N–H and O–H groups in total. The number of ether oxygens (including phenoxy) is 2. The Hall–Kier alpha value is -2.96. The number of fused-ring (bicyclic) bond motifs is 1. The smallest absolute Gasteiger partial charge is 0.231 e. The van der Waals surface area contributed by atoms with Gasteiger partial charge in [0.05, 0.1) is 11.9 Å². The Kier molecular flexibility index (Phi) is 2.56. The summed E-state index contributed by atoms with van der Waals surface area (Å²) in [4.78, 5) is 12.8. The van der Waals surface area contributed by atoms with Gasteiger partial charge in [-0.05, 0) is 19.1 Å². The fraction of sp³-hybridized carbons (Fsp3) is 0.143. The SMILES string of the molecule is Cc1nc(-c2cnccn2)n(-c2ccc3c(c2)OCO3)n1. The molecule has 21 heavy (non-hydrogen) atoms. The normalized spacial score (nSPS) is 12.6. The van der Waals surface area contributed by atoms with Crippen molar-refractivity contribution < 1.29 is 9.47 Å². The Labute approximate surface area is 120 Å². The molecule has 0 unspecified atom stereocenters. The van der Waals surface area contributed by atoms with Crippen LogP contribution >= 0.6 is 0 Å². The molecule has 4 rings (SSSR count). The third-order valence-corrected chi connectivity index (χ3v) is 3.11. The van der Waals surface area contributed by atoms with Crippen molar-refractivity contribution >= 4 is 0 Å². The van der Waals surface area contributed by atoms with Gasteiger partial charge >= 0.3 is 0 Å². The maximum Gasteiger partial charge on any atom is 0.231 e. The van der Waals surface area contributed by atoms with Gasteiger partial charge in [-0.2, -0.15) is 5.10 Å². The van der Waals surface area contributed by atoms with Crippen LogP contribution in [0.5, 0.6) is 11.5 Å². The maximum atomic E-state index is 5.40. The van der Waals surface area contributed by atoms with Gasteiger partial charge in [0, 0.05) is 18.5 Å². The molecule has 7 heteroatoms. The zero-order valence-corrected chi connectivity index (χ0v) is 11.2. The van der Waals surface area contributed by atoms with Crippen LogP contribution in [0.1, 0.15) is 5.82 Å². The van der Waals surface area contributed by atoms with E-state index < -0.39 is 0 Å². The number of hydrogen-bond acceptors (Lipinski definition) is 6. The molecule has 0 atom stereocenters. The van der Waals surface area contributed by atoms with Crippen molar-refractivity contribution in [1.82, 2.24) is 24.7 Å². The van der Waals surface area contributed by atoms with Crippen molar-refractivity contribution in [1.29, 1.82) is 0 Å². The molecule has 0 aliphatic carbocycles. The van der Waals surface area contributed by atoms with Crippen LogP contribution in [0.25, 0.3) is 17.2 Å². The van der Waals surface area contributed by atoms with Crippen LogP contribution in [-0.2, 0) is 0 Å². The zero-order chi connectivity index (χ0) is 14.2. The molecule has 104 valence electrons. The van der Waals surface area contributed by atoms with Gasteiger partial charge in [0.25, 0.3) is 0 Å². The van der Waals surface area contributed by atoms with Crippen LogP contribution in [0.2, 0.25) is 0 Å². The lowest BCUT2D eigenvalue weighted by Crippen LogP contribution is -2.01. The van der Waals surface area contributed by atoms with Crippen LogP contribution < -0.4 is 9.47 Å². The molecule has 7 nitrogen and oxygen atoms in total. The lowest BCUT2D eigenvalue weighted by atomic mass is 10.2. The van der Waals surface area contributed by atoms with Crippen molar-refractivity contribution in [2.75, 3.05) is 6.79 Å². The summed E-state index contributed by atoms with van der Waals surface area (Å²) in [6, 6.07) is 5.63. The highest BCUT2D eigenvalue weighted by atomic mass is 16.7. The number of aromatic nitrogens is 5. The van der Waals surface area contributed by atoms with Gasteiger partial charge in [0.1, 0.15) is 11.5 Å². The molecule has 0 fully saturated rings. The van der Waals surface area contributed by atoms with E-state index >= 15 is 0 Å². The van der Waals surface area contributed by atoms with Crippen LogP contribution in [0.15, 0.2) is 36.8 Å². The lowest BCUT2D eigenvalue weighted by Gasteiger charge is -2.06. The average Bonchev–Trinajstić information content (AvgIpc) is 3.13. The summed E-state index contributed by atoms with van der Waals surface area (Å²) in [5, 5.41) is 4.42. The fourth-order valence-electron chi connectivity index (χ4n) is 2.19. The fourth-order valence-corrected chi connectivity index (χ4v) is 2.19. The van der Waals surface area contributed by atoms with Crippen LogP contribution in [-0.4, -0.2) is 31.5 Å². The minimum Gasteiger partial charge on any atom is -0.454 e. The Balaban J connectivity index is 1.86. The summed E-state index contributed by atoms with van der Waals surface area (Å²) < 4.78 is 12.4. The molecular weight excluding hydrogens is 270 g/mol. The summed E-state index contributed by atoms with van der Waals surface area (Å²) in [7, 11) is 0. The Bertz CT molecular complexity index is 800. The standard InChI is InChI=1S/C14H11N5O2/c1-9-17-14(11-7-15-4-5-16-11)19(18-9)10-2-3-12-13(6-10)21-8-20-12/h2-7H,8H2,1H3. The summed E-state index contributed by atoms with van der Waals surface area (Å²) in [5.74, 6) is 2.73. The predicted octanol–water partition coefficient (Wildman–Crippen LogP) is 1.76. The molecule has 3 aromatic rings. The predicted molar refractivity (Wildman–Crippen MR) is 73.2 cm³/mol. The van der Waals surface area contributed by atoms with E-state index in [4.69, 9.17) is 9.47 Å². The molecule has 2 aromatic heterocycles. The molecule has 0 saturated carbocycles. The minimum absolute atomic E-state index is 0.242. The molecule has 3 heterocycles. The van der Waals surface area contributed by atoms with Crippen LogP contribution in [0, 0.1) is 6.92 Å². The number of aryl methyl sites for hydroxylation is 1. The van der Waals surface area contributed by atoms with Crippen molar-refractivity contribution in [3.8, 4) is 28.7 Å². The monoisotopic (exact) mass is 281 g/mol. The highest BCUT2D eigenvalue weighted by Gasteiger charge is 2.17. The third-order valence-electron chi connectivity index (χ3n) is 3.11. The Morgan fingerprint density at radius 3 is 2.90 bits per heavy atom. The van der Waals surface area contributed by atoms with Crippen molar-refractivity contribution in [3.63, 3.8) is 0 Å². The second-order valence-electron chi connectivity index (χ2n) is 4.52. The van der Waals surface area contributed by atoms with E-state index in [1.54, 1.807) is 23.3 Å². The molecule has 0 saturated heterocycles. The van der Waals surface area contributed by atoms with Crippen molar-refractivity contribution in [3.05, 3.63) is 42.6 Å². The molecule has 0 bridgehead atoms.